The van der Waals surface area contributed by atoms with Crippen molar-refractivity contribution < 1.29 is 47.5 Å². The topological polar surface area (TPSA) is 355 Å². The number of carbonyl (C=O) groups excluding carboxylic acids is 6. The number of aryl methyl sites for hydroxylation is 1. The SMILES string of the molecule is CN(CCOCCOCCON(C)C(=O)C1CC(N=[N+]=[N-])CN1C(=O)c1ccc2c(=O)oc(=O)n(C)c2c1)C(=O)CCC12c3cc(NC(=O)CCCCCCCN)ccc3C3c4ccc(NC(=O)CCCCCCCN)cc4C31c1ccc(NC(=O)CCCCCCCN)cc12. The summed E-state index contributed by atoms with van der Waals surface area (Å²) >= 11 is 0. The molecule has 4 aromatic carbocycles. The Morgan fingerprint density at radius 2 is 1.16 bits per heavy atom. The van der Waals surface area contributed by atoms with Crippen molar-refractivity contribution in [3.63, 3.8) is 0 Å². The first-order valence-corrected chi connectivity index (χ1v) is 34.2. The quantitative estimate of drug-likeness (QED) is 0.00703. The molecule has 1 spiro atoms. The Labute approximate surface area is 560 Å². The van der Waals surface area contributed by atoms with Crippen LogP contribution < -0.4 is 44.5 Å². The summed E-state index contributed by atoms with van der Waals surface area (Å²) in [6.45, 7) is 2.84. The second-order valence-corrected chi connectivity index (χ2v) is 25.8. The average Bonchev–Trinajstić information content (AvgIpc) is 1.38. The highest BCUT2D eigenvalue weighted by atomic mass is 16.7. The Morgan fingerprint density at radius 1 is 0.635 bits per heavy atom. The highest BCUT2D eigenvalue weighted by molar-refractivity contribution is 6.01. The average molecular weight is 1320 g/mol. The van der Waals surface area contributed by atoms with Crippen molar-refractivity contribution in [3.8, 4) is 0 Å². The molecular weight excluding hydrogens is 1230 g/mol. The molecule has 1 saturated heterocycles. The normalized spacial score (nSPS) is 18.4. The van der Waals surface area contributed by atoms with E-state index in [1.165, 1.54) is 37.2 Å². The van der Waals surface area contributed by atoms with Gasteiger partial charge in [0.1, 0.15) is 6.04 Å². The number of hydroxylamine groups is 2. The van der Waals surface area contributed by atoms with Gasteiger partial charge in [-0.05, 0) is 165 Å². The van der Waals surface area contributed by atoms with E-state index >= 15 is 0 Å². The molecule has 6 amide bonds. The number of anilines is 3. The number of ether oxygens (including phenoxy) is 2. The van der Waals surface area contributed by atoms with E-state index < -0.39 is 46.1 Å². The number of aromatic nitrogens is 1. The van der Waals surface area contributed by atoms with Gasteiger partial charge in [0.05, 0.1) is 50.0 Å². The number of likely N-dealkylation sites (tertiary alicyclic amines) is 1. The fourth-order valence-corrected chi connectivity index (χ4v) is 14.7. The summed E-state index contributed by atoms with van der Waals surface area (Å²) in [5.41, 5.74) is 32.8. The molecule has 0 bridgehead atoms. The fraction of sp³-hybridized carbons (Fsp3) is 0.549. The van der Waals surface area contributed by atoms with Gasteiger partial charge >= 0.3 is 11.4 Å². The van der Waals surface area contributed by atoms with Crippen molar-refractivity contribution in [2.75, 3.05) is 95.8 Å². The third kappa shape index (κ3) is 16.1. The van der Waals surface area contributed by atoms with Crippen LogP contribution >= 0.6 is 0 Å². The van der Waals surface area contributed by atoms with Crippen LogP contribution in [0.3, 0.4) is 0 Å². The molecule has 2 heterocycles. The molecule has 1 fully saturated rings. The Bertz CT molecular complexity index is 3770. The van der Waals surface area contributed by atoms with E-state index in [0.717, 1.165) is 139 Å². The fourth-order valence-electron chi connectivity index (χ4n) is 14.7. The van der Waals surface area contributed by atoms with Crippen molar-refractivity contribution in [2.24, 2.45) is 29.4 Å². The van der Waals surface area contributed by atoms with Crippen molar-refractivity contribution in [1.82, 2.24) is 19.4 Å². The van der Waals surface area contributed by atoms with Gasteiger partial charge in [0.2, 0.25) is 23.6 Å². The van der Waals surface area contributed by atoms with Crippen molar-refractivity contribution in [3.05, 3.63) is 143 Å². The van der Waals surface area contributed by atoms with Gasteiger partial charge in [0, 0.05) is 104 Å². The van der Waals surface area contributed by atoms with E-state index in [0.29, 0.717) is 62.4 Å². The van der Waals surface area contributed by atoms with Crippen LogP contribution in [0.2, 0.25) is 0 Å². The number of fused-ring (bicyclic) bond motifs is 8. The minimum atomic E-state index is -1.06. The lowest BCUT2D eigenvalue weighted by Gasteiger charge is -2.65. The minimum absolute atomic E-state index is 0.0298. The Kier molecular flexibility index (Phi) is 25.6. The van der Waals surface area contributed by atoms with Crippen molar-refractivity contribution in [1.29, 1.82) is 0 Å². The van der Waals surface area contributed by atoms with Gasteiger partial charge in [-0.3, -0.25) is 38.2 Å². The van der Waals surface area contributed by atoms with Crippen LogP contribution in [0.5, 0.6) is 0 Å². The van der Waals surface area contributed by atoms with Crippen LogP contribution in [0, 0.1) is 0 Å². The Hall–Kier alpha value is -8.29. The highest BCUT2D eigenvalue weighted by Crippen LogP contribution is 2.81. The molecule has 25 nitrogen and oxygen atoms in total. The zero-order valence-electron chi connectivity index (χ0n) is 55.8. The van der Waals surface area contributed by atoms with Gasteiger partial charge in [0.15, 0.2) is 0 Å². The number of nitrogens with zero attached hydrogens (tertiary/aromatic N) is 7. The summed E-state index contributed by atoms with van der Waals surface area (Å²) in [6, 6.07) is 21.0. The highest BCUT2D eigenvalue weighted by Gasteiger charge is 2.77. The number of azide groups is 1. The molecule has 96 heavy (non-hydrogen) atoms. The van der Waals surface area contributed by atoms with E-state index in [1.54, 1.807) is 11.9 Å². The van der Waals surface area contributed by atoms with Gasteiger partial charge in [-0.15, -0.1) is 0 Å². The summed E-state index contributed by atoms with van der Waals surface area (Å²) in [5.74, 6) is -2.44. The van der Waals surface area contributed by atoms with Crippen LogP contribution in [0.1, 0.15) is 184 Å². The molecule has 5 unspecified atom stereocenters. The molecule has 9 rings (SSSR count). The molecule has 3 aliphatic carbocycles. The number of nitrogens with two attached hydrogens (primary N) is 3. The van der Waals surface area contributed by atoms with Crippen LogP contribution in [0.15, 0.2) is 91.9 Å². The first-order valence-electron chi connectivity index (χ1n) is 34.2. The van der Waals surface area contributed by atoms with Gasteiger partial charge in [-0.25, -0.2) is 14.7 Å². The number of amides is 6. The Morgan fingerprint density at radius 3 is 1.74 bits per heavy atom. The first kappa shape index (κ1) is 72.0. The molecule has 1 aliphatic heterocycles. The van der Waals surface area contributed by atoms with Gasteiger partial charge in [-0.2, -0.15) is 0 Å². The summed E-state index contributed by atoms with van der Waals surface area (Å²) in [6.07, 6.45) is 15.9. The number of hydrogen-bond donors (Lipinski definition) is 6. The molecule has 9 N–H and O–H groups in total. The largest absolute Gasteiger partial charge is 0.422 e. The lowest BCUT2D eigenvalue weighted by molar-refractivity contribution is -0.186. The van der Waals surface area contributed by atoms with E-state index in [1.807, 2.05) is 18.2 Å². The van der Waals surface area contributed by atoms with Gasteiger partial charge in [0.25, 0.3) is 11.8 Å². The molecule has 5 aromatic rings. The first-order chi connectivity index (χ1) is 46.5. The zero-order valence-corrected chi connectivity index (χ0v) is 55.8. The maximum atomic E-state index is 14.6. The minimum Gasteiger partial charge on any atom is -0.377 e. The summed E-state index contributed by atoms with van der Waals surface area (Å²) in [7, 11) is 4.56. The van der Waals surface area contributed by atoms with E-state index in [2.05, 4.69) is 62.4 Å². The molecule has 1 aromatic heterocycles. The van der Waals surface area contributed by atoms with Crippen LogP contribution in [0.25, 0.3) is 21.3 Å². The predicted octanol–water partition coefficient (Wildman–Crippen LogP) is 8.51. The molecule has 4 aliphatic rings. The summed E-state index contributed by atoms with van der Waals surface area (Å²) in [5, 5.41) is 14.5. The van der Waals surface area contributed by atoms with Crippen LogP contribution in [-0.4, -0.2) is 147 Å². The second-order valence-electron chi connectivity index (χ2n) is 25.8. The third-order valence-electron chi connectivity index (χ3n) is 19.5. The van der Waals surface area contributed by atoms with Crippen LogP contribution in [-0.2, 0) is 56.2 Å². The van der Waals surface area contributed by atoms with E-state index in [-0.39, 0.29) is 105 Å². The molecule has 0 radical (unpaired) electrons. The lowest BCUT2D eigenvalue weighted by atomic mass is 9.35. The summed E-state index contributed by atoms with van der Waals surface area (Å²) in [4.78, 5) is 119. The number of carbonyl (C=O) groups is 6. The summed E-state index contributed by atoms with van der Waals surface area (Å²) < 4.78 is 17.5. The molecular formula is C71H95N13O12. The number of likely N-dealkylation sites (N-methyl/N-ethyl adjacent to an activating group) is 2. The maximum Gasteiger partial charge on any atom is 0.422 e. The van der Waals surface area contributed by atoms with E-state index in [9.17, 15) is 43.9 Å². The van der Waals surface area contributed by atoms with Gasteiger partial charge in [-0.1, -0.05) is 81.1 Å². The van der Waals surface area contributed by atoms with Crippen molar-refractivity contribution in [2.45, 2.75) is 164 Å². The number of unbranched alkanes of at least 4 members (excludes halogenated alkanes) is 12. The monoisotopic (exact) mass is 1320 g/mol. The van der Waals surface area contributed by atoms with Gasteiger partial charge < -0.3 is 56.8 Å². The standard InChI is InChI=1S/C71H95N13O12/c1-81(35-36-93-37-38-94-39-40-95-83(3)67(90)60-45-51(79-80-75)46-84(60)66(89)47-22-26-54-59(41-47)82(2)69(92)96-68(54)91)64(88)30-31-70-56-42-48(76-61(85)19-13-7-4-10-16-32-72)23-27-52(56)65-53-28-24-49(77-62(86)20-14-8-5-11-17-33-73)43-57(53)71(65,70)55-29-25-50(44-58(55)70)78-63(87)21-15-9-6-12-18-34-74/h22-29,41-44,51,60,65H,4-21,30-40,45-46,72-74H2,1-3H3,(H,76,85)(H,77,86)(H,78,87). The zero-order chi connectivity index (χ0) is 68.4. The number of rotatable bonds is 40. The number of hydrogen-bond acceptors (Lipinski definition) is 16. The Balaban J connectivity index is 0.848. The maximum absolute atomic E-state index is 14.6. The van der Waals surface area contributed by atoms with Crippen LogP contribution in [0.4, 0.5) is 17.1 Å². The molecule has 25 heteroatoms. The second kappa shape index (κ2) is 34.1. The predicted molar refractivity (Wildman–Crippen MR) is 366 cm³/mol. The van der Waals surface area contributed by atoms with Crippen molar-refractivity contribution >= 4 is 63.4 Å². The molecule has 5 atom stereocenters. The van der Waals surface area contributed by atoms with E-state index in [4.69, 9.17) is 35.9 Å². The lowest BCUT2D eigenvalue weighted by Crippen LogP contribution is -2.63. The third-order valence-corrected chi connectivity index (χ3v) is 19.5. The number of benzene rings is 4. The molecule has 516 valence electrons. The smallest absolute Gasteiger partial charge is 0.377 e. The number of nitrogens with one attached hydrogen (secondary N) is 3. The molecule has 0 saturated carbocycles.